The Morgan fingerprint density at radius 3 is 2.24 bits per heavy atom. The third kappa shape index (κ3) is 12.6. The van der Waals surface area contributed by atoms with Crippen LogP contribution in [0.3, 0.4) is 0 Å². The molecule has 4 unspecified atom stereocenters. The monoisotopic (exact) mass is 606 g/mol. The second-order valence-electron chi connectivity index (χ2n) is 10.3. The number of aliphatic hydroxyl groups is 2. The summed E-state index contributed by atoms with van der Waals surface area (Å²) < 4.78 is 12.8. The number of Topliss-reactive ketones (excluding diaryl/α,β-unsaturated/α-hetero) is 1. The van der Waals surface area contributed by atoms with Crippen molar-refractivity contribution in [3.63, 3.8) is 0 Å². The highest BCUT2D eigenvalue weighted by Crippen LogP contribution is 2.30. The van der Waals surface area contributed by atoms with E-state index in [9.17, 15) is 19.5 Å². The lowest BCUT2D eigenvalue weighted by molar-refractivity contribution is -0.129. The zero-order chi connectivity index (χ0) is 31.8. The fourth-order valence-electron chi connectivity index (χ4n) is 3.74. The molecule has 2 aromatic heterocycles. The fraction of sp³-hybridized carbons (Fsp3) is 0.567. The number of ketones is 1. The number of aliphatic hydroxyl groups excluding tert-OH is 2. The van der Waals surface area contributed by atoms with Gasteiger partial charge in [-0.25, -0.2) is 9.97 Å². The van der Waals surface area contributed by atoms with E-state index in [1.54, 1.807) is 6.92 Å². The summed E-state index contributed by atoms with van der Waals surface area (Å²) in [5.74, 6) is 1.33. The van der Waals surface area contributed by atoms with E-state index in [-0.39, 0.29) is 18.0 Å². The summed E-state index contributed by atoms with van der Waals surface area (Å²) in [5, 5.41) is 21.4. The Morgan fingerprint density at radius 1 is 1.07 bits per heavy atom. The quantitative estimate of drug-likeness (QED) is 0.182. The summed E-state index contributed by atoms with van der Waals surface area (Å²) in [7, 11) is 0.729. The number of carbonyl (C=O) groups is 3. The van der Waals surface area contributed by atoms with E-state index in [2.05, 4.69) is 29.1 Å². The topological polar surface area (TPSA) is 153 Å². The molecule has 11 nitrogen and oxygen atoms in total. The predicted molar refractivity (Wildman–Crippen MR) is 168 cm³/mol. The Morgan fingerprint density at radius 2 is 1.71 bits per heavy atom. The first-order chi connectivity index (χ1) is 19.9. The molecule has 0 spiro atoms. The molecule has 1 amide bonds. The molecule has 42 heavy (non-hydrogen) atoms. The van der Waals surface area contributed by atoms with Crippen LogP contribution in [0.2, 0.25) is 0 Å². The first-order valence-electron chi connectivity index (χ1n) is 14.1. The molecule has 0 aliphatic heterocycles. The van der Waals surface area contributed by atoms with Crippen molar-refractivity contribution < 1.29 is 34.1 Å². The van der Waals surface area contributed by atoms with Crippen molar-refractivity contribution in [2.24, 2.45) is 0 Å². The first-order valence-corrected chi connectivity index (χ1v) is 15.4. The lowest BCUT2D eigenvalue weighted by Crippen LogP contribution is -2.25. The molecule has 0 radical (unpaired) electrons. The van der Waals surface area contributed by atoms with Gasteiger partial charge >= 0.3 is 0 Å². The number of hydrogen-bond donors (Lipinski definition) is 3. The van der Waals surface area contributed by atoms with Crippen molar-refractivity contribution in [1.29, 1.82) is 0 Å². The van der Waals surface area contributed by atoms with Crippen LogP contribution in [0, 0.1) is 0 Å². The van der Waals surface area contributed by atoms with Gasteiger partial charge in [-0.15, -0.1) is 8.58 Å². The number of benzene rings is 1. The molecule has 3 N–H and O–H groups in total. The van der Waals surface area contributed by atoms with Crippen LogP contribution in [0.1, 0.15) is 61.2 Å². The largest absolute Gasteiger partial charge is 0.392 e. The molecule has 0 saturated carbocycles. The maximum Gasteiger partial charge on any atom is 0.212 e. The standard InChI is InChI=1S/C17H20N4O3.C10H21O2P.C3H6O2/c1-3-24-9-14-20-15-16(21(14)8-11(2)23)12-6-4-5-7-13(12)19-17(15)18-10-22;1-7(2)12-9(5)10(11)6-13-8(3)4;1-3(5)2-4/h4-7,10-11,23H,3,8-9H2,1-2H3,(H,18,19,22);7-9,13H,6H2,1-5H3;2-3,5H,1H3. The van der Waals surface area contributed by atoms with Crippen LogP contribution in [0.5, 0.6) is 0 Å². The Labute approximate surface area is 250 Å². The number of carbonyl (C=O) groups excluding carboxylic acids is 3. The lowest BCUT2D eigenvalue weighted by atomic mass is 10.2. The number of rotatable bonds is 14. The molecule has 4 atom stereocenters. The Balaban J connectivity index is 0.000000413. The van der Waals surface area contributed by atoms with Gasteiger partial charge in [0.1, 0.15) is 36.4 Å². The molecular weight excluding hydrogens is 559 g/mol. The summed E-state index contributed by atoms with van der Waals surface area (Å²) in [5.41, 5.74) is 2.80. The third-order valence-corrected chi connectivity index (χ3v) is 6.92. The number of para-hydroxylation sites is 1. The van der Waals surface area contributed by atoms with Crippen LogP contribution in [0.4, 0.5) is 5.82 Å². The van der Waals surface area contributed by atoms with Gasteiger partial charge in [-0.05, 0) is 53.3 Å². The fourth-order valence-corrected chi connectivity index (χ4v) is 4.63. The molecule has 0 fully saturated rings. The van der Waals surface area contributed by atoms with Gasteiger partial charge in [-0.2, -0.15) is 0 Å². The molecule has 3 aromatic rings. The Bertz CT molecular complexity index is 1260. The predicted octanol–water partition coefficient (Wildman–Crippen LogP) is 4.09. The summed E-state index contributed by atoms with van der Waals surface area (Å²) in [6.07, 6.45) is 0.303. The van der Waals surface area contributed by atoms with Crippen molar-refractivity contribution in [2.75, 3.05) is 18.1 Å². The highest BCUT2D eigenvalue weighted by Gasteiger charge is 2.19. The van der Waals surface area contributed by atoms with E-state index < -0.39 is 12.2 Å². The zero-order valence-electron chi connectivity index (χ0n) is 26.0. The zero-order valence-corrected chi connectivity index (χ0v) is 27.0. The Kier molecular flexibility index (Phi) is 17.2. The number of hydrogen-bond acceptors (Lipinski definition) is 9. The highest BCUT2D eigenvalue weighted by atomic mass is 31.1. The molecule has 2 heterocycles. The third-order valence-electron chi connectivity index (χ3n) is 5.55. The first kappa shape index (κ1) is 37.2. The summed E-state index contributed by atoms with van der Waals surface area (Å²) >= 11 is 0. The van der Waals surface area contributed by atoms with Crippen LogP contribution in [0.25, 0.3) is 21.9 Å². The van der Waals surface area contributed by atoms with Crippen molar-refractivity contribution >= 4 is 54.8 Å². The lowest BCUT2D eigenvalue weighted by Gasteiger charge is -2.15. The average molecular weight is 607 g/mol. The van der Waals surface area contributed by atoms with Crippen LogP contribution in [-0.2, 0) is 37.0 Å². The Hall–Kier alpha value is -2.82. The van der Waals surface area contributed by atoms with Gasteiger partial charge in [-0.1, -0.05) is 32.0 Å². The van der Waals surface area contributed by atoms with Gasteiger partial charge in [0.15, 0.2) is 11.6 Å². The summed E-state index contributed by atoms with van der Waals surface area (Å²) in [6, 6.07) is 7.66. The molecule has 0 aliphatic rings. The molecule has 1 aromatic carbocycles. The van der Waals surface area contributed by atoms with Gasteiger partial charge in [0.25, 0.3) is 0 Å². The van der Waals surface area contributed by atoms with Gasteiger partial charge in [0, 0.05) is 18.2 Å². The molecule has 0 aliphatic carbocycles. The number of pyridine rings is 1. The van der Waals surface area contributed by atoms with E-state index in [1.807, 2.05) is 56.5 Å². The van der Waals surface area contributed by atoms with Gasteiger partial charge < -0.3 is 34.4 Å². The average Bonchev–Trinajstić information content (AvgIpc) is 3.28. The minimum atomic E-state index is -0.796. The SMILES string of the molecule is CC(C)OC(C)C(=O)CPC(C)C.CC(O)C=O.CCOCc1nc2c(NC=O)nc3ccccc3c2n1CC(C)O. The minimum absolute atomic E-state index is 0.140. The van der Waals surface area contributed by atoms with E-state index >= 15 is 0 Å². The van der Waals surface area contributed by atoms with Crippen LogP contribution in [0.15, 0.2) is 24.3 Å². The molecule has 0 bridgehead atoms. The van der Waals surface area contributed by atoms with Crippen LogP contribution in [-0.4, -0.2) is 86.1 Å². The number of anilines is 1. The molecule has 12 heteroatoms. The number of amides is 1. The minimum Gasteiger partial charge on any atom is -0.392 e. The van der Waals surface area contributed by atoms with Gasteiger partial charge in [0.2, 0.25) is 6.41 Å². The number of imidazole rings is 1. The van der Waals surface area contributed by atoms with E-state index in [1.165, 1.54) is 6.92 Å². The maximum atomic E-state index is 11.5. The molecule has 234 valence electrons. The number of aromatic nitrogens is 3. The number of aldehydes is 1. The van der Waals surface area contributed by atoms with Gasteiger partial charge in [-0.3, -0.25) is 9.59 Å². The maximum absolute atomic E-state index is 11.5. The van der Waals surface area contributed by atoms with Crippen molar-refractivity contribution in [3.8, 4) is 0 Å². The van der Waals surface area contributed by atoms with Crippen molar-refractivity contribution in [1.82, 2.24) is 14.5 Å². The van der Waals surface area contributed by atoms with Crippen LogP contribution >= 0.6 is 8.58 Å². The van der Waals surface area contributed by atoms with E-state index in [0.717, 1.165) is 25.0 Å². The van der Waals surface area contributed by atoms with Crippen molar-refractivity contribution in [2.45, 2.75) is 98.6 Å². The summed E-state index contributed by atoms with van der Waals surface area (Å²) in [6.45, 7) is 16.3. The number of nitrogens with one attached hydrogen (secondary N) is 1. The smallest absolute Gasteiger partial charge is 0.212 e. The summed E-state index contributed by atoms with van der Waals surface area (Å²) in [4.78, 5) is 40.8. The van der Waals surface area contributed by atoms with E-state index in [0.29, 0.717) is 61.4 Å². The van der Waals surface area contributed by atoms with E-state index in [4.69, 9.17) is 14.6 Å². The number of fused-ring (bicyclic) bond motifs is 3. The van der Waals surface area contributed by atoms with Gasteiger partial charge in [0.05, 0.1) is 29.8 Å². The van der Waals surface area contributed by atoms with Crippen molar-refractivity contribution in [3.05, 3.63) is 30.1 Å². The second kappa shape index (κ2) is 19.4. The molecule has 3 rings (SSSR count). The number of nitrogens with zero attached hydrogens (tertiary/aromatic N) is 3. The highest BCUT2D eigenvalue weighted by molar-refractivity contribution is 7.40. The second-order valence-corrected chi connectivity index (χ2v) is 12.2. The molecule has 0 saturated heterocycles. The molecular formula is C30H47N4O7P. The number of ether oxygens (including phenoxy) is 2. The van der Waals surface area contributed by atoms with Crippen LogP contribution < -0.4 is 5.32 Å². The normalized spacial score (nSPS) is 13.4.